The standard InChI is InChI=1S/C17H23N3O5S/c1-12-2-3-14(10-16(12)20(22)23)17(21)18-11-13-6-8-19(9-7-13)26(24,25)15-4-5-15/h2-3,10,13,15H,4-9,11H2,1H3,(H,18,21). The Bertz CT molecular complexity index is 812. The van der Waals surface area contributed by atoms with Crippen molar-refractivity contribution in [2.75, 3.05) is 19.6 Å². The lowest BCUT2D eigenvalue weighted by Crippen LogP contribution is -2.42. The van der Waals surface area contributed by atoms with Gasteiger partial charge in [0.25, 0.3) is 11.6 Å². The zero-order valence-corrected chi connectivity index (χ0v) is 15.5. The lowest BCUT2D eigenvalue weighted by molar-refractivity contribution is -0.385. The van der Waals surface area contributed by atoms with Crippen molar-refractivity contribution in [3.8, 4) is 0 Å². The molecule has 3 rings (SSSR count). The smallest absolute Gasteiger partial charge is 0.273 e. The number of sulfonamides is 1. The van der Waals surface area contributed by atoms with E-state index in [0.717, 1.165) is 12.8 Å². The van der Waals surface area contributed by atoms with Gasteiger partial charge in [-0.3, -0.25) is 14.9 Å². The molecular weight excluding hydrogens is 358 g/mol. The molecule has 1 heterocycles. The van der Waals surface area contributed by atoms with Crippen molar-refractivity contribution in [2.45, 2.75) is 37.9 Å². The number of nitro groups is 1. The fourth-order valence-electron chi connectivity index (χ4n) is 3.23. The normalized spacial score (nSPS) is 19.3. The van der Waals surface area contributed by atoms with Crippen LogP contribution >= 0.6 is 0 Å². The van der Waals surface area contributed by atoms with Crippen LogP contribution in [0.5, 0.6) is 0 Å². The van der Waals surface area contributed by atoms with Crippen molar-refractivity contribution in [1.82, 2.24) is 9.62 Å². The molecule has 1 aromatic rings. The summed E-state index contributed by atoms with van der Waals surface area (Å²) in [5.41, 5.74) is 0.697. The van der Waals surface area contributed by atoms with Crippen molar-refractivity contribution in [2.24, 2.45) is 5.92 Å². The Balaban J connectivity index is 1.51. The van der Waals surface area contributed by atoms with E-state index in [9.17, 15) is 23.3 Å². The van der Waals surface area contributed by atoms with Crippen molar-refractivity contribution in [3.05, 3.63) is 39.4 Å². The Hall–Kier alpha value is -2.00. The van der Waals surface area contributed by atoms with Gasteiger partial charge in [-0.2, -0.15) is 0 Å². The predicted molar refractivity (Wildman–Crippen MR) is 96.4 cm³/mol. The summed E-state index contributed by atoms with van der Waals surface area (Å²) in [6.07, 6.45) is 2.95. The number of carbonyl (C=O) groups is 1. The lowest BCUT2D eigenvalue weighted by Gasteiger charge is -2.31. The molecule has 1 aliphatic carbocycles. The Labute approximate surface area is 152 Å². The topological polar surface area (TPSA) is 110 Å². The van der Waals surface area contributed by atoms with E-state index in [1.165, 1.54) is 6.07 Å². The summed E-state index contributed by atoms with van der Waals surface area (Å²) in [5.74, 6) is -0.133. The second-order valence-corrected chi connectivity index (χ2v) is 9.27. The van der Waals surface area contributed by atoms with Crippen molar-refractivity contribution in [3.63, 3.8) is 0 Å². The molecule has 26 heavy (non-hydrogen) atoms. The number of rotatable bonds is 6. The summed E-state index contributed by atoms with van der Waals surface area (Å²) in [4.78, 5) is 22.7. The second-order valence-electron chi connectivity index (χ2n) is 7.06. The molecule has 1 saturated carbocycles. The fraction of sp³-hybridized carbons (Fsp3) is 0.588. The lowest BCUT2D eigenvalue weighted by atomic mass is 9.98. The summed E-state index contributed by atoms with van der Waals surface area (Å²) in [5, 5.41) is 13.6. The van der Waals surface area contributed by atoms with Gasteiger partial charge < -0.3 is 5.32 Å². The van der Waals surface area contributed by atoms with E-state index in [1.807, 2.05) is 0 Å². The highest BCUT2D eigenvalue weighted by Gasteiger charge is 2.41. The van der Waals surface area contributed by atoms with Gasteiger partial charge in [0.15, 0.2) is 0 Å². The number of nitrogens with one attached hydrogen (secondary N) is 1. The van der Waals surface area contributed by atoms with Gasteiger partial charge in [-0.25, -0.2) is 12.7 Å². The maximum Gasteiger partial charge on any atom is 0.273 e. The highest BCUT2D eigenvalue weighted by molar-refractivity contribution is 7.90. The number of amides is 1. The summed E-state index contributed by atoms with van der Waals surface area (Å²) < 4.78 is 26.0. The van der Waals surface area contributed by atoms with Crippen LogP contribution in [0.1, 0.15) is 41.6 Å². The molecule has 9 heteroatoms. The molecular formula is C17H23N3O5S. The Morgan fingerprint density at radius 2 is 1.92 bits per heavy atom. The third kappa shape index (κ3) is 4.04. The zero-order chi connectivity index (χ0) is 18.9. The molecule has 2 fully saturated rings. The molecule has 2 aliphatic rings. The number of nitro benzene ring substituents is 1. The predicted octanol–water partition coefficient (Wildman–Crippen LogP) is 1.84. The van der Waals surface area contributed by atoms with Crippen LogP contribution in [0.3, 0.4) is 0 Å². The number of benzene rings is 1. The van der Waals surface area contributed by atoms with E-state index in [1.54, 1.807) is 23.4 Å². The number of carbonyl (C=O) groups excluding carboxylic acids is 1. The first kappa shape index (κ1) is 18.8. The van der Waals surface area contributed by atoms with E-state index in [4.69, 9.17) is 0 Å². The summed E-state index contributed by atoms with van der Waals surface area (Å²) in [7, 11) is -3.12. The van der Waals surface area contributed by atoms with Crippen LogP contribution in [0, 0.1) is 23.0 Å². The van der Waals surface area contributed by atoms with E-state index >= 15 is 0 Å². The Morgan fingerprint density at radius 3 is 2.50 bits per heavy atom. The molecule has 0 bridgehead atoms. The maximum absolute atomic E-state index is 12.3. The molecule has 1 N–H and O–H groups in total. The number of aryl methyl sites for hydroxylation is 1. The van der Waals surface area contributed by atoms with Crippen LogP contribution in [0.15, 0.2) is 18.2 Å². The van der Waals surface area contributed by atoms with Crippen LogP contribution in [-0.4, -0.2) is 48.4 Å². The van der Waals surface area contributed by atoms with Gasteiger partial charge in [0.1, 0.15) is 0 Å². The summed E-state index contributed by atoms with van der Waals surface area (Å²) in [6, 6.07) is 4.42. The highest BCUT2D eigenvalue weighted by Crippen LogP contribution is 2.33. The van der Waals surface area contributed by atoms with E-state index in [0.29, 0.717) is 38.0 Å². The molecule has 0 unspecified atom stereocenters. The highest BCUT2D eigenvalue weighted by atomic mass is 32.2. The number of nitrogens with zero attached hydrogens (tertiary/aromatic N) is 2. The first-order valence-electron chi connectivity index (χ1n) is 8.81. The molecule has 1 aliphatic heterocycles. The average molecular weight is 381 g/mol. The molecule has 8 nitrogen and oxygen atoms in total. The van der Waals surface area contributed by atoms with E-state index < -0.39 is 14.9 Å². The van der Waals surface area contributed by atoms with E-state index in [2.05, 4.69) is 5.32 Å². The largest absolute Gasteiger partial charge is 0.352 e. The average Bonchev–Trinajstić information content (AvgIpc) is 3.46. The minimum atomic E-state index is -3.12. The molecule has 0 aromatic heterocycles. The number of piperidine rings is 1. The SMILES string of the molecule is Cc1ccc(C(=O)NCC2CCN(S(=O)(=O)C3CC3)CC2)cc1[N+](=O)[O-]. The number of hydrogen-bond acceptors (Lipinski definition) is 5. The quantitative estimate of drug-likeness (QED) is 0.597. The van der Waals surface area contributed by atoms with Crippen LogP contribution < -0.4 is 5.32 Å². The van der Waals surface area contributed by atoms with Crippen LogP contribution in [0.4, 0.5) is 5.69 Å². The Morgan fingerprint density at radius 1 is 1.27 bits per heavy atom. The fourth-order valence-corrected chi connectivity index (χ4v) is 5.10. The molecule has 0 radical (unpaired) electrons. The van der Waals surface area contributed by atoms with Gasteiger partial charge >= 0.3 is 0 Å². The molecule has 1 aromatic carbocycles. The first-order chi connectivity index (χ1) is 12.3. The van der Waals surface area contributed by atoms with Gasteiger partial charge in [0.05, 0.1) is 10.2 Å². The van der Waals surface area contributed by atoms with Gasteiger partial charge in [-0.15, -0.1) is 0 Å². The Kier molecular flexibility index (Phi) is 5.29. The molecule has 0 atom stereocenters. The summed E-state index contributed by atoms with van der Waals surface area (Å²) >= 11 is 0. The summed E-state index contributed by atoms with van der Waals surface area (Å²) in [6.45, 7) is 3.06. The second kappa shape index (κ2) is 7.32. The van der Waals surface area contributed by atoms with Crippen molar-refractivity contribution < 1.29 is 18.1 Å². The third-order valence-electron chi connectivity index (χ3n) is 5.10. The van der Waals surface area contributed by atoms with Gasteiger partial charge in [-0.05, 0) is 44.6 Å². The molecule has 142 valence electrons. The van der Waals surface area contributed by atoms with Crippen molar-refractivity contribution >= 4 is 21.6 Å². The first-order valence-corrected chi connectivity index (χ1v) is 10.3. The van der Waals surface area contributed by atoms with E-state index in [-0.39, 0.29) is 28.3 Å². The molecule has 1 amide bonds. The monoisotopic (exact) mass is 381 g/mol. The minimum Gasteiger partial charge on any atom is -0.352 e. The van der Waals surface area contributed by atoms with Gasteiger partial charge in [-0.1, -0.05) is 6.07 Å². The molecule has 0 spiro atoms. The van der Waals surface area contributed by atoms with Gasteiger partial charge in [0.2, 0.25) is 10.0 Å². The third-order valence-corrected chi connectivity index (χ3v) is 7.50. The van der Waals surface area contributed by atoms with Crippen LogP contribution in [-0.2, 0) is 10.0 Å². The minimum absolute atomic E-state index is 0.0729. The van der Waals surface area contributed by atoms with Crippen LogP contribution in [0.2, 0.25) is 0 Å². The number of hydrogen-bond donors (Lipinski definition) is 1. The molecule has 1 saturated heterocycles. The van der Waals surface area contributed by atoms with Crippen LogP contribution in [0.25, 0.3) is 0 Å². The van der Waals surface area contributed by atoms with Gasteiger partial charge in [0, 0.05) is 36.8 Å². The van der Waals surface area contributed by atoms with Crippen molar-refractivity contribution in [1.29, 1.82) is 0 Å². The maximum atomic E-state index is 12.3. The zero-order valence-electron chi connectivity index (χ0n) is 14.7.